The van der Waals surface area contributed by atoms with Crippen molar-refractivity contribution in [2.24, 2.45) is 0 Å². The lowest BCUT2D eigenvalue weighted by Gasteiger charge is -2.22. The van der Waals surface area contributed by atoms with Gasteiger partial charge in [0.25, 0.3) is 0 Å². The van der Waals surface area contributed by atoms with E-state index in [9.17, 15) is 14.0 Å². The van der Waals surface area contributed by atoms with Crippen molar-refractivity contribution < 1.29 is 14.0 Å². The Labute approximate surface area is 86.3 Å². The van der Waals surface area contributed by atoms with E-state index in [2.05, 4.69) is 5.32 Å². The summed E-state index contributed by atoms with van der Waals surface area (Å²) in [6, 6.07) is 5.65. The van der Waals surface area contributed by atoms with Crippen molar-refractivity contribution >= 4 is 11.7 Å². The Kier molecular flexibility index (Phi) is 2.49. The Hall–Kier alpha value is -1.71. The molecule has 3 nitrogen and oxygen atoms in total. The van der Waals surface area contributed by atoms with Crippen molar-refractivity contribution in [3.63, 3.8) is 0 Å². The van der Waals surface area contributed by atoms with Gasteiger partial charge in [-0.15, -0.1) is 0 Å². The van der Waals surface area contributed by atoms with E-state index in [4.69, 9.17) is 0 Å². The van der Waals surface area contributed by atoms with Crippen molar-refractivity contribution in [2.45, 2.75) is 18.9 Å². The van der Waals surface area contributed by atoms with Crippen LogP contribution in [0.2, 0.25) is 0 Å². The number of Topliss-reactive ketones (excluding diaryl/α,β-unsaturated/α-hetero) is 1. The van der Waals surface area contributed by atoms with Crippen LogP contribution < -0.4 is 5.32 Å². The van der Waals surface area contributed by atoms with Crippen LogP contribution in [-0.2, 0) is 9.59 Å². The smallest absolute Gasteiger partial charge is 0.227 e. The normalized spacial score (nSPS) is 21.3. The van der Waals surface area contributed by atoms with Crippen molar-refractivity contribution in [3.8, 4) is 0 Å². The monoisotopic (exact) mass is 207 g/mol. The van der Waals surface area contributed by atoms with Gasteiger partial charge >= 0.3 is 0 Å². The number of benzene rings is 1. The first-order valence-corrected chi connectivity index (χ1v) is 4.72. The maximum atomic E-state index is 13.4. The number of hydrogen-bond acceptors (Lipinski definition) is 2. The number of carbonyl (C=O) groups excluding carboxylic acids is 2. The zero-order chi connectivity index (χ0) is 10.8. The molecule has 1 N–H and O–H groups in total. The van der Waals surface area contributed by atoms with E-state index in [0.717, 1.165) is 0 Å². The second-order valence-electron chi connectivity index (χ2n) is 3.56. The third kappa shape index (κ3) is 2.03. The summed E-state index contributed by atoms with van der Waals surface area (Å²) >= 11 is 0. The van der Waals surface area contributed by atoms with Crippen molar-refractivity contribution in [1.82, 2.24) is 5.32 Å². The molecule has 0 spiro atoms. The highest BCUT2D eigenvalue weighted by Crippen LogP contribution is 2.23. The summed E-state index contributed by atoms with van der Waals surface area (Å²) in [5.41, 5.74) is 0.374. The topological polar surface area (TPSA) is 46.2 Å². The highest BCUT2D eigenvalue weighted by Gasteiger charge is 2.26. The van der Waals surface area contributed by atoms with Crippen LogP contribution in [0.4, 0.5) is 4.39 Å². The van der Waals surface area contributed by atoms with E-state index in [1.165, 1.54) is 6.07 Å². The van der Waals surface area contributed by atoms with Crippen LogP contribution in [0.5, 0.6) is 0 Å². The molecule has 1 aliphatic rings. The van der Waals surface area contributed by atoms with Gasteiger partial charge in [0.2, 0.25) is 5.91 Å². The van der Waals surface area contributed by atoms with Gasteiger partial charge in [0.05, 0.1) is 12.5 Å². The fraction of sp³-hybridized carbons (Fsp3) is 0.273. The molecule has 1 saturated heterocycles. The summed E-state index contributed by atoms with van der Waals surface area (Å²) in [6.45, 7) is 0. The number of amides is 1. The van der Waals surface area contributed by atoms with Gasteiger partial charge < -0.3 is 5.32 Å². The summed E-state index contributed by atoms with van der Waals surface area (Å²) in [6.07, 6.45) is 0.0810. The van der Waals surface area contributed by atoms with E-state index in [1.807, 2.05) is 0 Å². The highest BCUT2D eigenvalue weighted by molar-refractivity contribution is 6.00. The second-order valence-corrected chi connectivity index (χ2v) is 3.56. The van der Waals surface area contributed by atoms with E-state index < -0.39 is 11.9 Å². The molecule has 0 aromatic heterocycles. The van der Waals surface area contributed by atoms with Crippen molar-refractivity contribution in [3.05, 3.63) is 35.6 Å². The minimum atomic E-state index is -0.514. The molecule has 2 rings (SSSR count). The molecule has 15 heavy (non-hydrogen) atoms. The second kappa shape index (κ2) is 3.81. The largest absolute Gasteiger partial charge is 0.348 e. The molecule has 1 heterocycles. The average Bonchev–Trinajstić information content (AvgIpc) is 2.16. The predicted octanol–water partition coefficient (Wildman–Crippen LogP) is 1.35. The molecule has 1 fully saturated rings. The molecule has 1 aromatic rings. The lowest BCUT2D eigenvalue weighted by Crippen LogP contribution is -2.37. The fourth-order valence-corrected chi connectivity index (χ4v) is 1.72. The molecule has 0 radical (unpaired) electrons. The fourth-order valence-electron chi connectivity index (χ4n) is 1.72. The van der Waals surface area contributed by atoms with Gasteiger partial charge in [-0.3, -0.25) is 9.59 Å². The average molecular weight is 207 g/mol. The van der Waals surface area contributed by atoms with Crippen LogP contribution in [0.25, 0.3) is 0 Å². The highest BCUT2D eigenvalue weighted by atomic mass is 19.1. The Bertz CT molecular complexity index is 401. The lowest BCUT2D eigenvalue weighted by molar-refractivity contribution is -0.132. The van der Waals surface area contributed by atoms with E-state index >= 15 is 0 Å². The third-order valence-corrected chi connectivity index (χ3v) is 2.41. The Morgan fingerprint density at radius 1 is 1.27 bits per heavy atom. The number of ketones is 1. The van der Waals surface area contributed by atoms with Gasteiger partial charge in [-0.1, -0.05) is 18.2 Å². The van der Waals surface area contributed by atoms with Gasteiger partial charge in [-0.05, 0) is 6.07 Å². The molecule has 4 heteroatoms. The minimum Gasteiger partial charge on any atom is -0.348 e. The standard InChI is InChI=1S/C11H10FNO2/c12-9-4-2-1-3-8(9)10-5-7(14)6-11(15)13-10/h1-4,10H,5-6H2,(H,13,15). The molecule has 1 aliphatic heterocycles. The molecule has 0 saturated carbocycles. The summed E-state index contributed by atoms with van der Waals surface area (Å²) in [5.74, 6) is -0.871. The van der Waals surface area contributed by atoms with E-state index in [-0.39, 0.29) is 24.5 Å². The number of nitrogens with one attached hydrogen (secondary N) is 1. The van der Waals surface area contributed by atoms with Crippen LogP contribution in [-0.4, -0.2) is 11.7 Å². The Morgan fingerprint density at radius 3 is 2.67 bits per heavy atom. The van der Waals surface area contributed by atoms with Gasteiger partial charge in [0.1, 0.15) is 11.6 Å². The number of rotatable bonds is 1. The molecule has 1 amide bonds. The number of halogens is 1. The predicted molar refractivity (Wildman–Crippen MR) is 51.5 cm³/mol. The first-order valence-electron chi connectivity index (χ1n) is 4.72. The maximum Gasteiger partial charge on any atom is 0.227 e. The molecule has 0 bridgehead atoms. The Balaban J connectivity index is 2.27. The Morgan fingerprint density at radius 2 is 2.00 bits per heavy atom. The van der Waals surface area contributed by atoms with Crippen LogP contribution in [0.3, 0.4) is 0 Å². The first-order chi connectivity index (χ1) is 7.16. The van der Waals surface area contributed by atoms with Crippen LogP contribution >= 0.6 is 0 Å². The summed E-state index contributed by atoms with van der Waals surface area (Å²) in [4.78, 5) is 22.3. The molecule has 0 aliphatic carbocycles. The van der Waals surface area contributed by atoms with Crippen LogP contribution in [0, 0.1) is 5.82 Å². The molecule has 78 valence electrons. The van der Waals surface area contributed by atoms with Crippen LogP contribution in [0.15, 0.2) is 24.3 Å². The minimum absolute atomic E-state index is 0.0923. The zero-order valence-corrected chi connectivity index (χ0v) is 8.00. The molecular formula is C11H10FNO2. The SMILES string of the molecule is O=C1CC(=O)NC(c2ccccc2F)C1. The first kappa shape index (κ1) is 9.83. The number of piperidine rings is 1. The lowest BCUT2D eigenvalue weighted by atomic mass is 9.96. The number of hydrogen-bond donors (Lipinski definition) is 1. The van der Waals surface area contributed by atoms with Gasteiger partial charge in [0.15, 0.2) is 0 Å². The van der Waals surface area contributed by atoms with Crippen LogP contribution in [0.1, 0.15) is 24.4 Å². The third-order valence-electron chi connectivity index (χ3n) is 2.41. The van der Waals surface area contributed by atoms with Gasteiger partial charge in [0, 0.05) is 12.0 Å². The van der Waals surface area contributed by atoms with E-state index in [1.54, 1.807) is 18.2 Å². The molecule has 1 aromatic carbocycles. The van der Waals surface area contributed by atoms with E-state index in [0.29, 0.717) is 5.56 Å². The summed E-state index contributed by atoms with van der Waals surface area (Å²) in [5, 5.41) is 2.60. The summed E-state index contributed by atoms with van der Waals surface area (Å²) in [7, 11) is 0. The number of carbonyl (C=O) groups is 2. The van der Waals surface area contributed by atoms with Crippen molar-refractivity contribution in [2.75, 3.05) is 0 Å². The quantitative estimate of drug-likeness (QED) is 0.706. The zero-order valence-electron chi connectivity index (χ0n) is 8.00. The molecule has 1 unspecified atom stereocenters. The molecule has 1 atom stereocenters. The van der Waals surface area contributed by atoms with Gasteiger partial charge in [-0.25, -0.2) is 4.39 Å². The van der Waals surface area contributed by atoms with Gasteiger partial charge in [-0.2, -0.15) is 0 Å². The summed E-state index contributed by atoms with van der Waals surface area (Å²) < 4.78 is 13.4. The van der Waals surface area contributed by atoms with Crippen molar-refractivity contribution in [1.29, 1.82) is 0 Å². The maximum absolute atomic E-state index is 13.4. The molecular weight excluding hydrogens is 197 g/mol.